The quantitative estimate of drug-likeness (QED) is 0.827. The zero-order valence-electron chi connectivity index (χ0n) is 10.1. The minimum Gasteiger partial charge on any atom is -0.494 e. The van der Waals surface area contributed by atoms with Crippen LogP contribution in [0.5, 0.6) is 5.75 Å². The van der Waals surface area contributed by atoms with E-state index in [1.807, 2.05) is 0 Å². The summed E-state index contributed by atoms with van der Waals surface area (Å²) in [6, 6.07) is 0. The van der Waals surface area contributed by atoms with Crippen molar-refractivity contribution >= 4 is 34.2 Å². The lowest BCUT2D eigenvalue weighted by Crippen LogP contribution is -2.08. The first-order valence-corrected chi connectivity index (χ1v) is 6.65. The van der Waals surface area contributed by atoms with Crippen LogP contribution in [0.3, 0.4) is 0 Å². The molecular formula is C12H18BrNOS. The third-order valence-corrected chi connectivity index (χ3v) is 4.19. The molecule has 16 heavy (non-hydrogen) atoms. The normalized spacial score (nSPS) is 10.4. The van der Waals surface area contributed by atoms with Gasteiger partial charge >= 0.3 is 0 Å². The number of rotatable bonds is 4. The van der Waals surface area contributed by atoms with Gasteiger partial charge in [0, 0.05) is 16.8 Å². The highest BCUT2D eigenvalue weighted by molar-refractivity contribution is 9.10. The molecule has 0 saturated carbocycles. The number of nitrogens with one attached hydrogen (secondary N) is 1. The number of ether oxygens (including phenoxy) is 1. The Hall–Kier alpha value is -0.350. The van der Waals surface area contributed by atoms with Crippen molar-refractivity contribution in [3.63, 3.8) is 0 Å². The third-order valence-electron chi connectivity index (χ3n) is 2.78. The van der Waals surface area contributed by atoms with Gasteiger partial charge in [0.2, 0.25) is 0 Å². The Bertz CT molecular complexity index is 393. The molecule has 0 bridgehead atoms. The molecule has 0 aliphatic heterocycles. The van der Waals surface area contributed by atoms with Crippen molar-refractivity contribution < 1.29 is 4.74 Å². The molecule has 0 unspecified atom stereocenters. The van der Waals surface area contributed by atoms with Crippen LogP contribution in [-0.4, -0.2) is 19.4 Å². The molecule has 1 N–H and O–H groups in total. The second-order valence-electron chi connectivity index (χ2n) is 3.75. The molecule has 0 radical (unpaired) electrons. The molecule has 0 aliphatic carbocycles. The minimum atomic E-state index is 0.799. The molecule has 0 spiro atoms. The first-order valence-electron chi connectivity index (χ1n) is 5.22. The van der Waals surface area contributed by atoms with Gasteiger partial charge in [0.15, 0.2) is 0 Å². The van der Waals surface area contributed by atoms with Gasteiger partial charge in [-0.05, 0) is 37.5 Å². The predicted octanol–water partition coefficient (Wildman–Crippen LogP) is 3.72. The maximum absolute atomic E-state index is 5.48. The Kier molecular flexibility index (Phi) is 4.99. The van der Waals surface area contributed by atoms with Crippen LogP contribution < -0.4 is 10.1 Å². The van der Waals surface area contributed by atoms with Crippen molar-refractivity contribution in [1.82, 2.24) is 0 Å². The summed E-state index contributed by atoms with van der Waals surface area (Å²) < 4.78 is 6.63. The zero-order chi connectivity index (χ0) is 12.3. The largest absolute Gasteiger partial charge is 0.494 e. The second-order valence-corrected chi connectivity index (χ2v) is 4.99. The molecule has 0 fully saturated rings. The third kappa shape index (κ3) is 2.48. The molecule has 0 saturated heterocycles. The molecule has 0 aliphatic rings. The van der Waals surface area contributed by atoms with E-state index >= 15 is 0 Å². The summed E-state index contributed by atoms with van der Waals surface area (Å²) in [6.45, 7) is 7.08. The molecule has 1 aromatic carbocycles. The Labute approximate surface area is 111 Å². The first kappa shape index (κ1) is 13.7. The summed E-state index contributed by atoms with van der Waals surface area (Å²) in [6.07, 6.45) is 0. The summed E-state index contributed by atoms with van der Waals surface area (Å²) in [5.41, 5.74) is 4.64. The maximum atomic E-state index is 5.48. The van der Waals surface area contributed by atoms with Gasteiger partial charge in [-0.2, -0.15) is 12.6 Å². The lowest BCUT2D eigenvalue weighted by Gasteiger charge is -2.19. The number of halogens is 1. The van der Waals surface area contributed by atoms with Crippen molar-refractivity contribution in [2.45, 2.75) is 20.8 Å². The van der Waals surface area contributed by atoms with E-state index in [0.717, 1.165) is 28.2 Å². The molecule has 1 rings (SSSR count). The first-order chi connectivity index (χ1) is 7.54. The monoisotopic (exact) mass is 303 g/mol. The van der Waals surface area contributed by atoms with E-state index in [2.05, 4.69) is 54.6 Å². The van der Waals surface area contributed by atoms with Crippen LogP contribution in [0.4, 0.5) is 5.69 Å². The Morgan fingerprint density at radius 3 is 2.31 bits per heavy atom. The van der Waals surface area contributed by atoms with Crippen LogP contribution in [0, 0.1) is 20.8 Å². The maximum Gasteiger partial charge on any atom is 0.145 e. The number of thiol groups is 1. The second kappa shape index (κ2) is 5.82. The number of anilines is 1. The Balaban J connectivity index is 3.33. The van der Waals surface area contributed by atoms with Gasteiger partial charge in [-0.25, -0.2) is 0 Å². The summed E-state index contributed by atoms with van der Waals surface area (Å²) in [5.74, 6) is 1.73. The van der Waals surface area contributed by atoms with Crippen molar-refractivity contribution in [2.24, 2.45) is 0 Å². The predicted molar refractivity (Wildman–Crippen MR) is 77.2 cm³/mol. The Morgan fingerprint density at radius 2 is 1.81 bits per heavy atom. The van der Waals surface area contributed by atoms with Gasteiger partial charge < -0.3 is 10.1 Å². The summed E-state index contributed by atoms with van der Waals surface area (Å²) in [4.78, 5) is 0. The summed E-state index contributed by atoms with van der Waals surface area (Å²) >= 11 is 7.83. The van der Waals surface area contributed by atoms with Gasteiger partial charge in [-0.3, -0.25) is 0 Å². The molecule has 0 heterocycles. The van der Waals surface area contributed by atoms with E-state index in [1.54, 1.807) is 7.11 Å². The van der Waals surface area contributed by atoms with Crippen LogP contribution in [-0.2, 0) is 0 Å². The van der Waals surface area contributed by atoms with Gasteiger partial charge in [-0.15, -0.1) is 0 Å². The fourth-order valence-corrected chi connectivity index (χ4v) is 2.34. The van der Waals surface area contributed by atoms with E-state index < -0.39 is 0 Å². The highest BCUT2D eigenvalue weighted by Crippen LogP contribution is 2.39. The van der Waals surface area contributed by atoms with E-state index in [1.165, 1.54) is 16.7 Å². The van der Waals surface area contributed by atoms with Crippen LogP contribution in [0.2, 0.25) is 0 Å². The molecule has 0 amide bonds. The molecule has 0 atom stereocenters. The van der Waals surface area contributed by atoms with Gasteiger partial charge in [0.05, 0.1) is 12.8 Å². The van der Waals surface area contributed by atoms with Crippen LogP contribution in [0.1, 0.15) is 16.7 Å². The smallest absolute Gasteiger partial charge is 0.145 e. The topological polar surface area (TPSA) is 21.3 Å². The number of hydrogen-bond acceptors (Lipinski definition) is 3. The average molecular weight is 304 g/mol. The van der Waals surface area contributed by atoms with E-state index in [4.69, 9.17) is 4.74 Å². The summed E-state index contributed by atoms with van der Waals surface area (Å²) in [7, 11) is 1.71. The molecule has 2 nitrogen and oxygen atoms in total. The lowest BCUT2D eigenvalue weighted by atomic mass is 10.0. The lowest BCUT2D eigenvalue weighted by molar-refractivity contribution is 0.412. The zero-order valence-corrected chi connectivity index (χ0v) is 12.6. The fourth-order valence-electron chi connectivity index (χ4n) is 1.73. The minimum absolute atomic E-state index is 0.799. The number of methoxy groups -OCH3 is 1. The van der Waals surface area contributed by atoms with Gasteiger partial charge in [-0.1, -0.05) is 15.9 Å². The fraction of sp³-hybridized carbons (Fsp3) is 0.500. The number of benzene rings is 1. The van der Waals surface area contributed by atoms with Gasteiger partial charge in [0.25, 0.3) is 0 Å². The summed E-state index contributed by atoms with van der Waals surface area (Å²) in [5, 5.41) is 3.36. The molecule has 90 valence electrons. The van der Waals surface area contributed by atoms with E-state index in [9.17, 15) is 0 Å². The molecular weight excluding hydrogens is 286 g/mol. The van der Waals surface area contributed by atoms with Crippen molar-refractivity contribution in [2.75, 3.05) is 24.7 Å². The average Bonchev–Trinajstić information content (AvgIpc) is 2.29. The van der Waals surface area contributed by atoms with Crippen LogP contribution in [0.25, 0.3) is 0 Å². The SMILES string of the molecule is COc1c(C)c(C)c(Br)c(C)c1NCCS. The van der Waals surface area contributed by atoms with E-state index in [-0.39, 0.29) is 0 Å². The van der Waals surface area contributed by atoms with Crippen molar-refractivity contribution in [3.8, 4) is 5.75 Å². The molecule has 0 aromatic heterocycles. The highest BCUT2D eigenvalue weighted by atomic mass is 79.9. The van der Waals surface area contributed by atoms with Crippen molar-refractivity contribution in [3.05, 3.63) is 21.2 Å². The number of hydrogen-bond donors (Lipinski definition) is 2. The molecule has 1 aromatic rings. The van der Waals surface area contributed by atoms with Crippen molar-refractivity contribution in [1.29, 1.82) is 0 Å². The Morgan fingerprint density at radius 1 is 1.19 bits per heavy atom. The van der Waals surface area contributed by atoms with Crippen LogP contribution >= 0.6 is 28.6 Å². The van der Waals surface area contributed by atoms with E-state index in [0.29, 0.717) is 0 Å². The highest BCUT2D eigenvalue weighted by Gasteiger charge is 2.15. The molecule has 4 heteroatoms. The van der Waals surface area contributed by atoms with Crippen LogP contribution in [0.15, 0.2) is 4.47 Å². The standard InChI is InChI=1S/C12H18BrNOS/c1-7-8(2)12(15-4)11(14-5-6-16)9(3)10(7)13/h14,16H,5-6H2,1-4H3. The van der Waals surface area contributed by atoms with Gasteiger partial charge in [0.1, 0.15) is 5.75 Å².